The van der Waals surface area contributed by atoms with Crippen LogP contribution in [0.2, 0.25) is 0 Å². The second kappa shape index (κ2) is 7.80. The third-order valence-electron chi connectivity index (χ3n) is 2.13. The number of hydrogen-bond acceptors (Lipinski definition) is 7. The van der Waals surface area contributed by atoms with Crippen LogP contribution in [-0.2, 0) is 16.9 Å². The highest BCUT2D eigenvalue weighted by Gasteiger charge is 2.21. The molecule has 9 heteroatoms. The molecule has 1 N–H and O–H groups in total. The number of aromatic nitrogens is 1. The summed E-state index contributed by atoms with van der Waals surface area (Å²) in [5.74, 6) is -0.238. The number of carbonyl (C=O) groups excluding carboxylic acids is 2. The van der Waals surface area contributed by atoms with E-state index in [1.807, 2.05) is 0 Å². The molecular formula is C11H15NO7S. The van der Waals surface area contributed by atoms with Gasteiger partial charge in [0, 0.05) is 36.4 Å². The van der Waals surface area contributed by atoms with Crippen molar-refractivity contribution in [2.24, 2.45) is 0 Å². The van der Waals surface area contributed by atoms with E-state index in [0.29, 0.717) is 11.4 Å². The first-order valence-corrected chi connectivity index (χ1v) is 6.73. The molecule has 0 bridgehead atoms. The van der Waals surface area contributed by atoms with E-state index in [4.69, 9.17) is 22.6 Å². The van der Waals surface area contributed by atoms with Crippen LogP contribution in [0.1, 0.15) is 36.3 Å². The molecule has 0 aromatic carbocycles. The highest BCUT2D eigenvalue weighted by atomic mass is 32.3. The second-order valence-electron chi connectivity index (χ2n) is 3.69. The van der Waals surface area contributed by atoms with Crippen LogP contribution in [0.3, 0.4) is 0 Å². The van der Waals surface area contributed by atoms with Crippen molar-refractivity contribution in [2.75, 3.05) is 6.61 Å². The summed E-state index contributed by atoms with van der Waals surface area (Å²) in [7, 11) is -5.17. The normalized spacial score (nSPS) is 10.4. The summed E-state index contributed by atoms with van der Waals surface area (Å²) in [5, 5.41) is 8.89. The van der Waals surface area contributed by atoms with Gasteiger partial charge >= 0.3 is 1.43 Å². The number of hydrogen-bond donors (Lipinski definition) is 1. The third kappa shape index (κ3) is 7.04. The van der Waals surface area contributed by atoms with Gasteiger partial charge in [0.25, 0.3) is 0 Å². The Morgan fingerprint density at radius 1 is 1.20 bits per heavy atom. The van der Waals surface area contributed by atoms with Gasteiger partial charge < -0.3 is 14.2 Å². The minimum atomic E-state index is -5.17. The molecule has 0 aliphatic rings. The fourth-order valence-corrected chi connectivity index (χ4v) is 1.50. The molecule has 0 radical (unpaired) electrons. The molecule has 20 heavy (non-hydrogen) atoms. The van der Waals surface area contributed by atoms with Gasteiger partial charge in [0.1, 0.15) is 6.61 Å². The van der Waals surface area contributed by atoms with Crippen LogP contribution < -0.4 is 4.57 Å². The molecule has 1 aromatic heterocycles. The first-order chi connectivity index (χ1) is 9.07. The lowest BCUT2D eigenvalue weighted by Gasteiger charge is -2.06. The fraction of sp³-hybridized carbons (Fsp3) is 0.364. The Morgan fingerprint density at radius 3 is 1.80 bits per heavy atom. The Morgan fingerprint density at radius 2 is 1.55 bits per heavy atom. The van der Waals surface area contributed by atoms with Crippen molar-refractivity contribution in [1.29, 1.82) is 0 Å². The Bertz CT molecular complexity index is 560. The van der Waals surface area contributed by atoms with Gasteiger partial charge in [-0.25, -0.2) is 0 Å². The molecule has 0 aliphatic heterocycles. The molecule has 0 atom stereocenters. The van der Waals surface area contributed by atoms with Crippen LogP contribution in [0.5, 0.6) is 0 Å². The molecule has 0 aliphatic carbocycles. The molecule has 0 saturated carbocycles. The smallest absolute Gasteiger partial charge is 0.759 e. The average molecular weight is 305 g/mol. The maximum Gasteiger partial charge on any atom is 1.00 e. The van der Waals surface area contributed by atoms with Crippen molar-refractivity contribution in [1.82, 2.24) is 0 Å². The van der Waals surface area contributed by atoms with E-state index < -0.39 is 10.4 Å². The number of Topliss-reactive ketones (excluding diaryl/α,β-unsaturated/α-hetero) is 2. The van der Waals surface area contributed by atoms with E-state index in [-0.39, 0.29) is 26.1 Å². The van der Waals surface area contributed by atoms with E-state index in [0.717, 1.165) is 0 Å². The van der Waals surface area contributed by atoms with Crippen molar-refractivity contribution in [2.45, 2.75) is 20.4 Å². The summed E-state index contributed by atoms with van der Waals surface area (Å²) in [6, 6.07) is 4.95. The van der Waals surface area contributed by atoms with Crippen LogP contribution in [0.25, 0.3) is 0 Å². The topological polar surface area (TPSA) is 139 Å². The minimum absolute atomic E-state index is 0. The van der Waals surface area contributed by atoms with Gasteiger partial charge in [0.15, 0.2) is 6.54 Å². The van der Waals surface area contributed by atoms with Crippen LogP contribution in [0.15, 0.2) is 18.2 Å². The molecule has 0 unspecified atom stereocenters. The van der Waals surface area contributed by atoms with Gasteiger partial charge in [0.2, 0.25) is 23.0 Å². The zero-order valence-corrected chi connectivity index (χ0v) is 11.7. The van der Waals surface area contributed by atoms with Gasteiger partial charge in [-0.2, -0.15) is 4.57 Å². The Kier molecular flexibility index (Phi) is 7.14. The van der Waals surface area contributed by atoms with Crippen LogP contribution >= 0.6 is 0 Å². The predicted octanol–water partition coefficient (Wildman–Crippen LogP) is -0.854. The maximum atomic E-state index is 11.3. The number of rotatable bonds is 4. The molecule has 1 aromatic rings. The van der Waals surface area contributed by atoms with Crippen LogP contribution in [0, 0.1) is 0 Å². The van der Waals surface area contributed by atoms with Crippen molar-refractivity contribution in [3.63, 3.8) is 0 Å². The van der Waals surface area contributed by atoms with Gasteiger partial charge in [-0.05, 0) is 6.07 Å². The molecular weight excluding hydrogens is 290 g/mol. The summed E-state index contributed by atoms with van der Waals surface area (Å²) in [5.41, 5.74) is 0.883. The lowest BCUT2D eigenvalue weighted by molar-refractivity contribution is -0.701. The molecule has 8 nitrogen and oxygen atoms in total. The zero-order chi connectivity index (χ0) is 15.9. The average Bonchev–Trinajstić information content (AvgIpc) is 2.26. The number of ketones is 2. The summed E-state index contributed by atoms with van der Waals surface area (Å²) < 4.78 is 35.6. The van der Waals surface area contributed by atoms with E-state index >= 15 is 0 Å². The summed E-state index contributed by atoms with van der Waals surface area (Å²) in [4.78, 5) is 22.6. The van der Waals surface area contributed by atoms with E-state index in [1.54, 1.807) is 22.8 Å². The van der Waals surface area contributed by atoms with Crippen LogP contribution in [-0.4, -0.2) is 40.8 Å². The SMILES string of the molecule is CC(=O)c1cccc(C(C)=O)[n+]1CCO.O=S(=O)([O-])[O-].[H+]. The molecule has 0 saturated heterocycles. The predicted molar refractivity (Wildman–Crippen MR) is 65.3 cm³/mol. The Hall–Kier alpha value is -1.68. The zero-order valence-electron chi connectivity index (χ0n) is 11.9. The molecule has 0 spiro atoms. The molecule has 112 valence electrons. The molecule has 0 fully saturated rings. The number of aliphatic hydroxyl groups is 1. The van der Waals surface area contributed by atoms with Gasteiger partial charge in [-0.3, -0.25) is 18.0 Å². The largest absolute Gasteiger partial charge is 1.00 e. The van der Waals surface area contributed by atoms with E-state index in [9.17, 15) is 9.59 Å². The summed E-state index contributed by atoms with van der Waals surface area (Å²) in [6.45, 7) is 3.03. The van der Waals surface area contributed by atoms with Crippen molar-refractivity contribution in [3.8, 4) is 0 Å². The quantitative estimate of drug-likeness (QED) is 0.330. The van der Waals surface area contributed by atoms with E-state index in [1.165, 1.54) is 13.8 Å². The summed E-state index contributed by atoms with van der Waals surface area (Å²) in [6.07, 6.45) is 0. The van der Waals surface area contributed by atoms with Crippen molar-refractivity contribution in [3.05, 3.63) is 29.6 Å². The highest BCUT2D eigenvalue weighted by molar-refractivity contribution is 7.79. The van der Waals surface area contributed by atoms with Gasteiger partial charge in [-0.1, -0.05) is 0 Å². The molecule has 1 heterocycles. The number of carbonyl (C=O) groups is 2. The van der Waals surface area contributed by atoms with Gasteiger partial charge in [0.05, 0.1) is 0 Å². The fourth-order valence-electron chi connectivity index (χ4n) is 1.50. The lowest BCUT2D eigenvalue weighted by Crippen LogP contribution is -2.46. The number of nitrogens with zero attached hydrogens (tertiary/aromatic N) is 1. The first-order valence-electron chi connectivity index (χ1n) is 5.40. The minimum Gasteiger partial charge on any atom is -0.759 e. The van der Waals surface area contributed by atoms with Crippen molar-refractivity contribution < 1.29 is 38.2 Å². The Balaban J connectivity index is 0. The first kappa shape index (κ1) is 18.3. The molecule has 1 rings (SSSR count). The highest BCUT2D eigenvalue weighted by Crippen LogP contribution is 1.99. The van der Waals surface area contributed by atoms with Crippen molar-refractivity contribution >= 4 is 22.0 Å². The number of aliphatic hydroxyl groups excluding tert-OH is 1. The number of pyridine rings is 1. The third-order valence-corrected chi connectivity index (χ3v) is 2.13. The molecule has 0 amide bonds. The monoisotopic (exact) mass is 305 g/mol. The summed E-state index contributed by atoms with van der Waals surface area (Å²) >= 11 is 0. The second-order valence-corrected chi connectivity index (χ2v) is 4.51. The van der Waals surface area contributed by atoms with Crippen LogP contribution in [0.4, 0.5) is 0 Å². The maximum absolute atomic E-state index is 11.3. The van der Waals surface area contributed by atoms with E-state index in [2.05, 4.69) is 0 Å². The Labute approximate surface area is 117 Å². The standard InChI is InChI=1S/C11H14NO3.H2O4S/c1-8(14)10-4-3-5-11(9(2)15)12(10)6-7-13;1-5(2,3)4/h3-5,13H,6-7H2,1-2H3;(H2,1,2,3,4)/q+1;/p-1. The van der Waals surface area contributed by atoms with Gasteiger partial charge in [-0.15, -0.1) is 0 Å². The lowest BCUT2D eigenvalue weighted by atomic mass is 10.2.